The molecule has 4 rings (SSSR count). The minimum Gasteiger partial charge on any atom is -0.465 e. The number of hydrogen-bond donors (Lipinski definition) is 2. The van der Waals surface area contributed by atoms with Crippen LogP contribution in [-0.2, 0) is 6.42 Å². The third kappa shape index (κ3) is 3.74. The van der Waals surface area contributed by atoms with Gasteiger partial charge in [-0.3, -0.25) is 0 Å². The summed E-state index contributed by atoms with van der Waals surface area (Å²) in [5.74, 6) is -1.37. The van der Waals surface area contributed by atoms with Crippen LogP contribution in [0.2, 0.25) is 0 Å². The molecule has 2 atom stereocenters. The summed E-state index contributed by atoms with van der Waals surface area (Å²) in [4.78, 5) is 27.3. The van der Waals surface area contributed by atoms with Crippen LogP contribution in [0.5, 0.6) is 0 Å². The van der Waals surface area contributed by atoms with E-state index in [4.69, 9.17) is 5.11 Å². The molecule has 2 aromatic rings. The summed E-state index contributed by atoms with van der Waals surface area (Å²) in [5, 5.41) is 11.3. The van der Waals surface area contributed by atoms with Gasteiger partial charge in [0.1, 0.15) is 11.6 Å². The van der Waals surface area contributed by atoms with Crippen LogP contribution in [0.15, 0.2) is 42.5 Å². The van der Waals surface area contributed by atoms with Gasteiger partial charge < -0.3 is 20.2 Å². The average molecular weight is 401 g/mol. The number of urea groups is 1. The number of nitrogens with one attached hydrogen (secondary N) is 1. The Balaban J connectivity index is 1.67. The quantitative estimate of drug-likeness (QED) is 0.810. The maximum atomic E-state index is 14.7. The van der Waals surface area contributed by atoms with Gasteiger partial charge in [-0.25, -0.2) is 18.4 Å². The number of nitrogens with zero attached hydrogens (tertiary/aromatic N) is 2. The molecule has 29 heavy (non-hydrogen) atoms. The van der Waals surface area contributed by atoms with Crippen LogP contribution >= 0.6 is 0 Å². The monoisotopic (exact) mass is 401 g/mol. The van der Waals surface area contributed by atoms with Gasteiger partial charge in [-0.15, -0.1) is 0 Å². The number of fused-ring (bicyclic) bond motifs is 1. The van der Waals surface area contributed by atoms with Crippen LogP contribution in [-0.4, -0.2) is 52.7 Å². The molecule has 0 spiro atoms. The molecule has 0 aromatic heterocycles. The smallest absolute Gasteiger partial charge is 0.404 e. The Labute approximate surface area is 166 Å². The van der Waals surface area contributed by atoms with E-state index in [2.05, 4.69) is 5.32 Å². The molecule has 0 radical (unpaired) electrons. The second-order valence-corrected chi connectivity index (χ2v) is 7.37. The summed E-state index contributed by atoms with van der Waals surface area (Å²) in [6.07, 6.45) is 0.0339. The first-order chi connectivity index (χ1) is 13.9. The molecule has 152 valence electrons. The normalized spacial score (nSPS) is 21.0. The number of halogens is 2. The molecule has 6 nitrogen and oxygen atoms in total. The first-order valence-corrected chi connectivity index (χ1v) is 9.52. The van der Waals surface area contributed by atoms with Crippen molar-refractivity contribution in [3.05, 3.63) is 70.8 Å². The summed E-state index contributed by atoms with van der Waals surface area (Å²) in [5.41, 5.74) is 2.08. The molecule has 1 fully saturated rings. The Bertz CT molecular complexity index is 953. The zero-order valence-corrected chi connectivity index (χ0v) is 15.6. The topological polar surface area (TPSA) is 72.9 Å². The minimum absolute atomic E-state index is 0.242. The van der Waals surface area contributed by atoms with E-state index in [1.165, 1.54) is 12.1 Å². The van der Waals surface area contributed by atoms with Gasteiger partial charge in [0.2, 0.25) is 0 Å². The second-order valence-electron chi connectivity index (χ2n) is 7.37. The molecule has 8 heteroatoms. The number of benzene rings is 2. The Morgan fingerprint density at radius 2 is 1.86 bits per heavy atom. The Morgan fingerprint density at radius 3 is 2.62 bits per heavy atom. The number of amides is 3. The number of carbonyl (C=O) groups is 2. The van der Waals surface area contributed by atoms with Crippen LogP contribution in [0.25, 0.3) is 0 Å². The van der Waals surface area contributed by atoms with Crippen molar-refractivity contribution in [3.8, 4) is 0 Å². The zero-order valence-electron chi connectivity index (χ0n) is 15.6. The fourth-order valence-corrected chi connectivity index (χ4v) is 4.24. The lowest BCUT2D eigenvalue weighted by Gasteiger charge is -2.39. The van der Waals surface area contributed by atoms with Crippen molar-refractivity contribution in [1.29, 1.82) is 0 Å². The Morgan fingerprint density at radius 1 is 1.07 bits per heavy atom. The molecule has 2 aliphatic rings. The third-order valence-corrected chi connectivity index (χ3v) is 5.57. The van der Waals surface area contributed by atoms with Gasteiger partial charge in [0.25, 0.3) is 0 Å². The average Bonchev–Trinajstić information content (AvgIpc) is 3.15. The highest BCUT2D eigenvalue weighted by Gasteiger charge is 2.38. The van der Waals surface area contributed by atoms with E-state index in [-0.39, 0.29) is 24.2 Å². The third-order valence-electron chi connectivity index (χ3n) is 5.57. The fourth-order valence-electron chi connectivity index (χ4n) is 4.24. The van der Waals surface area contributed by atoms with Crippen molar-refractivity contribution < 1.29 is 23.5 Å². The summed E-state index contributed by atoms with van der Waals surface area (Å²) >= 11 is 0. The van der Waals surface area contributed by atoms with Gasteiger partial charge >= 0.3 is 12.1 Å². The standard InChI is InChI=1S/C21H21F2N3O3/c22-14-5-6-17(18(23)11-14)19-16-4-2-1-3-13(16)7-10-26(19)21(29)25-9-8-15(12-25)24-20(27)28/h1-6,11,15,19,24H,7-10,12H2,(H,27,28). The van der Waals surface area contributed by atoms with Crippen molar-refractivity contribution >= 4 is 12.1 Å². The van der Waals surface area contributed by atoms with E-state index >= 15 is 0 Å². The number of hydrogen-bond acceptors (Lipinski definition) is 2. The number of rotatable bonds is 2. The van der Waals surface area contributed by atoms with Crippen LogP contribution in [0.1, 0.15) is 29.2 Å². The number of carboxylic acid groups (broad SMARTS) is 1. The maximum Gasteiger partial charge on any atom is 0.404 e. The van der Waals surface area contributed by atoms with E-state index < -0.39 is 23.8 Å². The molecule has 0 bridgehead atoms. The van der Waals surface area contributed by atoms with Crippen molar-refractivity contribution in [2.75, 3.05) is 19.6 Å². The molecule has 1 saturated heterocycles. The summed E-state index contributed by atoms with van der Waals surface area (Å²) in [6, 6.07) is 9.70. The van der Waals surface area contributed by atoms with E-state index in [9.17, 15) is 18.4 Å². The second kappa shape index (κ2) is 7.69. The molecule has 3 amide bonds. The van der Waals surface area contributed by atoms with Crippen molar-refractivity contribution in [2.45, 2.75) is 24.9 Å². The molecule has 0 saturated carbocycles. The number of likely N-dealkylation sites (tertiary alicyclic amines) is 1. The zero-order chi connectivity index (χ0) is 20.5. The molecule has 2 N–H and O–H groups in total. The lowest BCUT2D eigenvalue weighted by atomic mass is 9.88. The first-order valence-electron chi connectivity index (χ1n) is 9.52. The van der Waals surface area contributed by atoms with Crippen LogP contribution in [0.4, 0.5) is 18.4 Å². The van der Waals surface area contributed by atoms with Gasteiger partial charge in [0.05, 0.1) is 12.1 Å². The molecule has 2 aliphatic heterocycles. The molecular formula is C21H21F2N3O3. The van der Waals surface area contributed by atoms with Gasteiger partial charge in [-0.2, -0.15) is 0 Å². The summed E-state index contributed by atoms with van der Waals surface area (Å²) in [7, 11) is 0. The first kappa shape index (κ1) is 19.2. The lowest BCUT2D eigenvalue weighted by molar-refractivity contribution is 0.143. The van der Waals surface area contributed by atoms with Gasteiger partial charge in [-0.05, 0) is 30.0 Å². The molecule has 2 unspecified atom stereocenters. The minimum atomic E-state index is -1.12. The Kier molecular flexibility index (Phi) is 5.08. The van der Waals surface area contributed by atoms with Crippen molar-refractivity contribution in [1.82, 2.24) is 15.1 Å². The molecular weight excluding hydrogens is 380 g/mol. The predicted molar refractivity (Wildman–Crippen MR) is 102 cm³/mol. The van der Waals surface area contributed by atoms with Crippen LogP contribution in [0.3, 0.4) is 0 Å². The van der Waals surface area contributed by atoms with Crippen LogP contribution in [0, 0.1) is 11.6 Å². The lowest BCUT2D eigenvalue weighted by Crippen LogP contribution is -2.48. The largest absolute Gasteiger partial charge is 0.465 e. The van der Waals surface area contributed by atoms with Crippen LogP contribution < -0.4 is 5.32 Å². The molecule has 2 aromatic carbocycles. The molecule has 0 aliphatic carbocycles. The SMILES string of the molecule is O=C(O)NC1CCN(C(=O)N2CCc3ccccc3C2c2ccc(F)cc2F)C1. The van der Waals surface area contributed by atoms with Crippen molar-refractivity contribution in [3.63, 3.8) is 0 Å². The highest BCUT2D eigenvalue weighted by Crippen LogP contribution is 2.37. The van der Waals surface area contributed by atoms with E-state index in [0.29, 0.717) is 25.9 Å². The van der Waals surface area contributed by atoms with Gasteiger partial charge in [-0.1, -0.05) is 30.3 Å². The highest BCUT2D eigenvalue weighted by atomic mass is 19.1. The van der Waals surface area contributed by atoms with Crippen molar-refractivity contribution in [2.24, 2.45) is 0 Å². The predicted octanol–water partition coefficient (Wildman–Crippen LogP) is 3.37. The van der Waals surface area contributed by atoms with E-state index in [1.54, 1.807) is 9.80 Å². The maximum absolute atomic E-state index is 14.7. The highest BCUT2D eigenvalue weighted by molar-refractivity contribution is 5.77. The van der Waals surface area contributed by atoms with Gasteiger partial charge in [0.15, 0.2) is 0 Å². The fraction of sp³-hybridized carbons (Fsp3) is 0.333. The van der Waals surface area contributed by atoms with Gasteiger partial charge in [0, 0.05) is 31.3 Å². The van der Waals surface area contributed by atoms with E-state index in [0.717, 1.165) is 17.2 Å². The van der Waals surface area contributed by atoms with E-state index in [1.807, 2.05) is 24.3 Å². The Hall–Kier alpha value is -3.16. The summed E-state index contributed by atoms with van der Waals surface area (Å²) in [6.45, 7) is 1.08. The molecule has 2 heterocycles. The summed E-state index contributed by atoms with van der Waals surface area (Å²) < 4.78 is 28.2. The number of carbonyl (C=O) groups excluding carboxylic acids is 1.